The molecular weight excluding hydrogens is 372 g/mol. The molecule has 0 amide bonds. The van der Waals surface area contributed by atoms with Crippen LogP contribution in [0.2, 0.25) is 0 Å². The number of piperidine rings is 2. The van der Waals surface area contributed by atoms with Gasteiger partial charge in [-0.1, -0.05) is 12.8 Å². The number of aromatic nitrogens is 4. The Morgan fingerprint density at radius 3 is 1.50 bits per heavy atom. The van der Waals surface area contributed by atoms with Gasteiger partial charge in [-0.15, -0.1) is 10.2 Å². The molecule has 30 heavy (non-hydrogen) atoms. The lowest BCUT2D eigenvalue weighted by atomic mass is 10.1. The smallest absolute Gasteiger partial charge is 0.153 e. The van der Waals surface area contributed by atoms with E-state index >= 15 is 0 Å². The molecular formula is C24H40N6. The largest absolute Gasteiger partial charge is 0.303 e. The molecule has 0 saturated carbocycles. The van der Waals surface area contributed by atoms with Crippen LogP contribution in [0.15, 0.2) is 12.1 Å². The molecule has 4 heterocycles. The van der Waals surface area contributed by atoms with Gasteiger partial charge in [-0.05, 0) is 104 Å². The average Bonchev–Trinajstić information content (AvgIpc) is 3.31. The minimum atomic E-state index is 0.993. The van der Waals surface area contributed by atoms with E-state index in [0.29, 0.717) is 0 Å². The van der Waals surface area contributed by atoms with Crippen molar-refractivity contribution in [2.24, 2.45) is 0 Å². The van der Waals surface area contributed by atoms with E-state index in [0.717, 1.165) is 37.3 Å². The van der Waals surface area contributed by atoms with E-state index in [2.05, 4.69) is 55.3 Å². The zero-order chi connectivity index (χ0) is 20.8. The summed E-state index contributed by atoms with van der Waals surface area (Å²) >= 11 is 0. The van der Waals surface area contributed by atoms with Crippen molar-refractivity contribution < 1.29 is 0 Å². The molecule has 0 N–H and O–H groups in total. The van der Waals surface area contributed by atoms with E-state index < -0.39 is 0 Å². The molecule has 2 aliphatic rings. The van der Waals surface area contributed by atoms with Gasteiger partial charge < -0.3 is 9.80 Å². The van der Waals surface area contributed by atoms with Gasteiger partial charge in [0.1, 0.15) is 0 Å². The van der Waals surface area contributed by atoms with Crippen molar-refractivity contribution in [3.8, 4) is 0 Å². The Balaban J connectivity index is 1.42. The van der Waals surface area contributed by atoms with Crippen LogP contribution in [-0.2, 0) is 12.8 Å². The molecule has 6 nitrogen and oxygen atoms in total. The fourth-order valence-corrected chi connectivity index (χ4v) is 5.16. The van der Waals surface area contributed by atoms with Gasteiger partial charge in [0, 0.05) is 24.2 Å². The van der Waals surface area contributed by atoms with Crippen LogP contribution < -0.4 is 0 Å². The maximum absolute atomic E-state index is 4.66. The Hall–Kier alpha value is -1.66. The molecule has 2 aliphatic heterocycles. The topological polar surface area (TPSA) is 42.1 Å². The second-order valence-electron chi connectivity index (χ2n) is 9.28. The van der Waals surface area contributed by atoms with Gasteiger partial charge in [-0.3, -0.25) is 4.68 Å². The molecule has 0 aromatic carbocycles. The number of rotatable bonds is 9. The SMILES string of the molecule is Cc1ccc(C)n1-n1c(CCCN2CCCCC2)nnc1CCCN1CCCCC1. The summed E-state index contributed by atoms with van der Waals surface area (Å²) in [4.78, 5) is 5.24. The molecule has 4 rings (SSSR count). The molecule has 0 aliphatic carbocycles. The van der Waals surface area contributed by atoms with E-state index in [1.807, 2.05) is 0 Å². The van der Waals surface area contributed by atoms with Crippen molar-refractivity contribution in [2.75, 3.05) is 39.3 Å². The Morgan fingerprint density at radius 1 is 0.633 bits per heavy atom. The molecule has 0 atom stereocenters. The van der Waals surface area contributed by atoms with Crippen LogP contribution in [0, 0.1) is 13.8 Å². The second kappa shape index (κ2) is 10.6. The standard InChI is InChI=1S/C24H40N6/c1-21-13-14-22(2)29(21)30-23(11-9-19-27-15-5-3-6-16-27)25-26-24(30)12-10-20-28-17-7-4-8-18-28/h13-14H,3-12,15-20H2,1-2H3. The summed E-state index contributed by atoms with van der Waals surface area (Å²) in [6.07, 6.45) is 12.5. The van der Waals surface area contributed by atoms with Gasteiger partial charge in [-0.2, -0.15) is 0 Å². The first-order valence-electron chi connectivity index (χ1n) is 12.3. The maximum Gasteiger partial charge on any atom is 0.153 e. The van der Waals surface area contributed by atoms with Crippen molar-refractivity contribution in [3.63, 3.8) is 0 Å². The molecule has 0 radical (unpaired) electrons. The monoisotopic (exact) mass is 412 g/mol. The highest BCUT2D eigenvalue weighted by Crippen LogP contribution is 2.16. The summed E-state index contributed by atoms with van der Waals surface area (Å²) < 4.78 is 4.63. The third kappa shape index (κ3) is 5.33. The number of nitrogens with zero attached hydrogens (tertiary/aromatic N) is 6. The first kappa shape index (κ1) is 21.6. The van der Waals surface area contributed by atoms with Crippen LogP contribution >= 0.6 is 0 Å². The Bertz CT molecular complexity index is 719. The van der Waals surface area contributed by atoms with E-state index in [4.69, 9.17) is 0 Å². The molecule has 166 valence electrons. The van der Waals surface area contributed by atoms with Gasteiger partial charge in [0.15, 0.2) is 11.6 Å². The molecule has 2 aromatic heterocycles. The summed E-state index contributed by atoms with van der Waals surface area (Å²) in [7, 11) is 0. The zero-order valence-corrected chi connectivity index (χ0v) is 19.2. The Labute approximate surface area is 182 Å². The maximum atomic E-state index is 4.66. The summed E-state index contributed by atoms with van der Waals surface area (Å²) in [6.45, 7) is 11.8. The lowest BCUT2D eigenvalue weighted by Gasteiger charge is -2.26. The molecule has 2 aromatic rings. The third-order valence-corrected chi connectivity index (χ3v) is 6.85. The molecule has 0 unspecified atom stereocenters. The highest BCUT2D eigenvalue weighted by Gasteiger charge is 2.18. The van der Waals surface area contributed by atoms with Gasteiger partial charge >= 0.3 is 0 Å². The lowest BCUT2D eigenvalue weighted by molar-refractivity contribution is 0.225. The van der Waals surface area contributed by atoms with Crippen LogP contribution in [0.4, 0.5) is 0 Å². The third-order valence-electron chi connectivity index (χ3n) is 6.85. The van der Waals surface area contributed by atoms with Crippen LogP contribution in [0.3, 0.4) is 0 Å². The quantitative estimate of drug-likeness (QED) is 0.627. The van der Waals surface area contributed by atoms with Gasteiger partial charge in [0.2, 0.25) is 0 Å². The molecule has 2 fully saturated rings. The molecule has 0 bridgehead atoms. The Morgan fingerprint density at radius 2 is 1.07 bits per heavy atom. The molecule has 0 spiro atoms. The van der Waals surface area contributed by atoms with E-state index in [9.17, 15) is 0 Å². The fraction of sp³-hybridized carbons (Fsp3) is 0.750. The van der Waals surface area contributed by atoms with Crippen molar-refractivity contribution in [2.45, 2.75) is 78.1 Å². The zero-order valence-electron chi connectivity index (χ0n) is 19.2. The van der Waals surface area contributed by atoms with Crippen LogP contribution in [0.1, 0.15) is 74.4 Å². The lowest BCUT2D eigenvalue weighted by Crippen LogP contribution is -2.31. The highest BCUT2D eigenvalue weighted by molar-refractivity contribution is 5.16. The van der Waals surface area contributed by atoms with Crippen LogP contribution in [-0.4, -0.2) is 68.6 Å². The first-order chi connectivity index (χ1) is 14.7. The summed E-state index contributed by atoms with van der Waals surface area (Å²) in [5, 5.41) is 9.32. The fourth-order valence-electron chi connectivity index (χ4n) is 5.16. The number of aryl methyl sites for hydroxylation is 4. The number of hydrogen-bond acceptors (Lipinski definition) is 4. The van der Waals surface area contributed by atoms with Gasteiger partial charge in [0.05, 0.1) is 0 Å². The van der Waals surface area contributed by atoms with Crippen LogP contribution in [0.5, 0.6) is 0 Å². The highest BCUT2D eigenvalue weighted by atomic mass is 15.5. The van der Waals surface area contributed by atoms with Crippen molar-refractivity contribution in [3.05, 3.63) is 35.2 Å². The molecule has 6 heteroatoms. The van der Waals surface area contributed by atoms with E-state index in [-0.39, 0.29) is 0 Å². The van der Waals surface area contributed by atoms with E-state index in [1.165, 1.54) is 89.2 Å². The normalized spacial score (nSPS) is 18.9. The molecule has 2 saturated heterocycles. The van der Waals surface area contributed by atoms with Gasteiger partial charge in [0.25, 0.3) is 0 Å². The summed E-state index contributed by atoms with van der Waals surface area (Å²) in [6, 6.07) is 4.40. The summed E-state index contributed by atoms with van der Waals surface area (Å²) in [5.74, 6) is 2.23. The number of likely N-dealkylation sites (tertiary alicyclic amines) is 2. The Kier molecular flexibility index (Phi) is 7.61. The predicted molar refractivity (Wildman–Crippen MR) is 122 cm³/mol. The number of hydrogen-bond donors (Lipinski definition) is 0. The van der Waals surface area contributed by atoms with Crippen LogP contribution in [0.25, 0.3) is 0 Å². The summed E-state index contributed by atoms with van der Waals surface area (Å²) in [5.41, 5.74) is 2.50. The average molecular weight is 413 g/mol. The minimum Gasteiger partial charge on any atom is -0.303 e. The van der Waals surface area contributed by atoms with Gasteiger partial charge in [-0.25, -0.2) is 4.68 Å². The minimum absolute atomic E-state index is 0.993. The van der Waals surface area contributed by atoms with Crippen molar-refractivity contribution >= 4 is 0 Å². The van der Waals surface area contributed by atoms with E-state index in [1.54, 1.807) is 0 Å². The van der Waals surface area contributed by atoms with Crippen molar-refractivity contribution in [1.82, 2.24) is 29.3 Å². The van der Waals surface area contributed by atoms with Crippen molar-refractivity contribution in [1.29, 1.82) is 0 Å². The second-order valence-corrected chi connectivity index (χ2v) is 9.28. The predicted octanol–water partition coefficient (Wildman–Crippen LogP) is 3.84. The first-order valence-corrected chi connectivity index (χ1v) is 12.3.